The third-order valence-corrected chi connectivity index (χ3v) is 7.00. The molecule has 2 heterocycles. The number of pyridine rings is 1. The molecule has 38 heavy (non-hydrogen) atoms. The Hall–Kier alpha value is -3.66. The normalized spacial score (nSPS) is 16.6. The lowest BCUT2D eigenvalue weighted by Crippen LogP contribution is -2.22. The molecule has 1 unspecified atom stereocenters. The smallest absolute Gasteiger partial charge is 0.387 e. The van der Waals surface area contributed by atoms with Crippen LogP contribution >= 0.6 is 0 Å². The summed E-state index contributed by atoms with van der Waals surface area (Å²) in [4.78, 5) is 19.5. The van der Waals surface area contributed by atoms with Gasteiger partial charge in [0, 0.05) is 35.9 Å². The van der Waals surface area contributed by atoms with Crippen LogP contribution in [0.25, 0.3) is 11.3 Å². The number of alkyl halides is 2. The van der Waals surface area contributed by atoms with Crippen molar-refractivity contribution in [3.8, 4) is 17.0 Å². The number of carboxylic acid groups (broad SMARTS) is 1. The van der Waals surface area contributed by atoms with Gasteiger partial charge in [0.15, 0.2) is 5.82 Å². The highest BCUT2D eigenvalue weighted by Gasteiger charge is 2.34. The van der Waals surface area contributed by atoms with Gasteiger partial charge in [-0.25, -0.2) is 14.8 Å². The van der Waals surface area contributed by atoms with Crippen molar-refractivity contribution in [2.75, 3.05) is 0 Å². The van der Waals surface area contributed by atoms with Gasteiger partial charge in [-0.2, -0.15) is 8.78 Å². The predicted molar refractivity (Wildman–Crippen MR) is 135 cm³/mol. The molecule has 10 heteroatoms. The van der Waals surface area contributed by atoms with Crippen molar-refractivity contribution in [1.82, 2.24) is 10.1 Å². The number of nitrogens with zero attached hydrogens (tertiary/aromatic N) is 3. The summed E-state index contributed by atoms with van der Waals surface area (Å²) >= 11 is 0. The maximum atomic E-state index is 13.0. The highest BCUT2D eigenvalue weighted by molar-refractivity contribution is 5.87. The number of carbonyl (C=O) groups is 1. The number of carboxylic acids is 1. The SMILES string of the molecule is O=C(O)c1ccc(N=CCC(CC2CCC2)OCc2c(-c3ccccc3OC(F)F)noc2C2CC2)nc1. The number of hydrogen-bond acceptors (Lipinski definition) is 7. The molecule has 8 nitrogen and oxygen atoms in total. The van der Waals surface area contributed by atoms with E-state index in [2.05, 4.69) is 15.1 Å². The summed E-state index contributed by atoms with van der Waals surface area (Å²) in [6.45, 7) is -2.73. The first kappa shape index (κ1) is 26.0. The van der Waals surface area contributed by atoms with Gasteiger partial charge in [0.05, 0.1) is 18.3 Å². The van der Waals surface area contributed by atoms with Gasteiger partial charge in [-0.3, -0.25) is 0 Å². The zero-order valence-corrected chi connectivity index (χ0v) is 20.8. The number of aromatic nitrogens is 2. The minimum absolute atomic E-state index is 0.0407. The van der Waals surface area contributed by atoms with Crippen LogP contribution in [0.1, 0.15) is 72.5 Å². The second kappa shape index (κ2) is 11.8. The van der Waals surface area contributed by atoms with Gasteiger partial charge in [-0.1, -0.05) is 36.6 Å². The van der Waals surface area contributed by atoms with Crippen LogP contribution in [0.5, 0.6) is 5.75 Å². The number of para-hydroxylation sites is 1. The Morgan fingerprint density at radius 1 is 1.18 bits per heavy atom. The number of aliphatic imine (C=N–C) groups is 1. The van der Waals surface area contributed by atoms with E-state index in [-0.39, 0.29) is 29.9 Å². The van der Waals surface area contributed by atoms with Crippen LogP contribution in [-0.4, -0.2) is 40.1 Å². The Morgan fingerprint density at radius 3 is 2.66 bits per heavy atom. The summed E-state index contributed by atoms with van der Waals surface area (Å²) in [5, 5.41) is 13.3. The molecule has 2 aromatic heterocycles. The minimum atomic E-state index is -2.95. The van der Waals surface area contributed by atoms with Crippen molar-refractivity contribution in [1.29, 1.82) is 0 Å². The van der Waals surface area contributed by atoms with Gasteiger partial charge in [0.25, 0.3) is 0 Å². The maximum absolute atomic E-state index is 13.0. The fourth-order valence-corrected chi connectivity index (χ4v) is 4.59. The lowest BCUT2D eigenvalue weighted by atomic mass is 9.81. The Labute approximate surface area is 218 Å². The van der Waals surface area contributed by atoms with Crippen LogP contribution in [0.3, 0.4) is 0 Å². The van der Waals surface area contributed by atoms with E-state index >= 15 is 0 Å². The van der Waals surface area contributed by atoms with Crippen molar-refractivity contribution in [3.05, 3.63) is 59.5 Å². The van der Waals surface area contributed by atoms with E-state index in [9.17, 15) is 13.6 Å². The van der Waals surface area contributed by atoms with Crippen molar-refractivity contribution < 1.29 is 32.7 Å². The van der Waals surface area contributed by atoms with Crippen LogP contribution in [0.2, 0.25) is 0 Å². The van der Waals surface area contributed by atoms with E-state index in [1.165, 1.54) is 37.6 Å². The van der Waals surface area contributed by atoms with Crippen molar-refractivity contribution in [3.63, 3.8) is 0 Å². The molecule has 1 N–H and O–H groups in total. The Balaban J connectivity index is 1.32. The molecule has 2 aliphatic rings. The lowest BCUT2D eigenvalue weighted by Gasteiger charge is -2.29. The lowest BCUT2D eigenvalue weighted by molar-refractivity contribution is -0.0494. The minimum Gasteiger partial charge on any atom is -0.478 e. The van der Waals surface area contributed by atoms with Crippen LogP contribution in [0, 0.1) is 5.92 Å². The van der Waals surface area contributed by atoms with E-state index in [0.717, 1.165) is 30.6 Å². The summed E-state index contributed by atoms with van der Waals surface area (Å²) in [6.07, 6.45) is 9.85. The molecule has 3 aromatic rings. The first-order valence-corrected chi connectivity index (χ1v) is 12.8. The molecule has 0 amide bonds. The van der Waals surface area contributed by atoms with Crippen molar-refractivity contribution >= 4 is 18.0 Å². The van der Waals surface area contributed by atoms with Gasteiger partial charge >= 0.3 is 12.6 Å². The second-order valence-corrected chi connectivity index (χ2v) is 9.75. The zero-order valence-electron chi connectivity index (χ0n) is 20.8. The van der Waals surface area contributed by atoms with Crippen LogP contribution in [0.15, 0.2) is 52.1 Å². The summed E-state index contributed by atoms with van der Waals surface area (Å²) < 4.78 is 42.9. The Morgan fingerprint density at radius 2 is 2.00 bits per heavy atom. The molecule has 0 bridgehead atoms. The quantitative estimate of drug-likeness (QED) is 0.245. The number of hydrogen-bond donors (Lipinski definition) is 1. The van der Waals surface area contributed by atoms with E-state index in [1.54, 1.807) is 30.5 Å². The van der Waals surface area contributed by atoms with Crippen molar-refractivity contribution in [2.24, 2.45) is 10.9 Å². The topological polar surface area (TPSA) is 107 Å². The average Bonchev–Trinajstić information content (AvgIpc) is 3.64. The number of halogens is 2. The molecular formula is C28H29F2N3O5. The molecule has 1 aromatic carbocycles. The first-order valence-electron chi connectivity index (χ1n) is 12.8. The summed E-state index contributed by atoms with van der Waals surface area (Å²) in [5.41, 5.74) is 1.77. The molecule has 0 spiro atoms. The third-order valence-electron chi connectivity index (χ3n) is 7.00. The fraction of sp³-hybridized carbons (Fsp3) is 0.429. The van der Waals surface area contributed by atoms with E-state index < -0.39 is 12.6 Å². The van der Waals surface area contributed by atoms with Crippen molar-refractivity contribution in [2.45, 2.75) is 70.2 Å². The monoisotopic (exact) mass is 525 g/mol. The average molecular weight is 526 g/mol. The number of rotatable bonds is 13. The Bertz CT molecular complexity index is 1270. The number of aromatic carboxylic acids is 1. The number of benzene rings is 1. The maximum Gasteiger partial charge on any atom is 0.387 e. The molecule has 0 radical (unpaired) electrons. The molecule has 2 fully saturated rings. The molecule has 0 saturated heterocycles. The second-order valence-electron chi connectivity index (χ2n) is 9.75. The van der Waals surface area contributed by atoms with E-state index in [1.807, 2.05) is 0 Å². The molecular weight excluding hydrogens is 496 g/mol. The third kappa shape index (κ3) is 6.42. The standard InChI is InChI=1S/C28H29F2N3O5/c29-28(30)37-23-7-2-1-6-21(23)25-22(26(38-33-25)18-8-9-18)16-36-20(14-17-4-3-5-17)12-13-31-24-11-10-19(15-32-24)27(34)35/h1-2,6-7,10-11,13,15,17-18,20,28H,3-5,8-9,12,14,16H2,(H,34,35). The van der Waals surface area contributed by atoms with Crippen LogP contribution in [-0.2, 0) is 11.3 Å². The highest BCUT2D eigenvalue weighted by atomic mass is 19.3. The van der Waals surface area contributed by atoms with Gasteiger partial charge in [0.1, 0.15) is 17.2 Å². The predicted octanol–water partition coefficient (Wildman–Crippen LogP) is 6.78. The largest absolute Gasteiger partial charge is 0.478 e. The van der Waals surface area contributed by atoms with Gasteiger partial charge in [0.2, 0.25) is 0 Å². The van der Waals surface area contributed by atoms with Gasteiger partial charge < -0.3 is 19.1 Å². The number of ether oxygens (including phenoxy) is 2. The fourth-order valence-electron chi connectivity index (χ4n) is 4.59. The molecule has 200 valence electrons. The van der Waals surface area contributed by atoms with Crippen LogP contribution in [0.4, 0.5) is 14.6 Å². The van der Waals surface area contributed by atoms with E-state index in [0.29, 0.717) is 29.4 Å². The van der Waals surface area contributed by atoms with Gasteiger partial charge in [-0.05, 0) is 49.4 Å². The highest BCUT2D eigenvalue weighted by Crippen LogP contribution is 2.45. The van der Waals surface area contributed by atoms with E-state index in [4.69, 9.17) is 19.1 Å². The summed E-state index contributed by atoms with van der Waals surface area (Å²) in [5.74, 6) is 1.01. The van der Waals surface area contributed by atoms with Gasteiger partial charge in [-0.15, -0.1) is 0 Å². The molecule has 1 atom stereocenters. The molecule has 2 aliphatic carbocycles. The van der Waals surface area contributed by atoms with Crippen LogP contribution < -0.4 is 4.74 Å². The zero-order chi connectivity index (χ0) is 26.5. The first-order chi connectivity index (χ1) is 18.5. The summed E-state index contributed by atoms with van der Waals surface area (Å²) in [7, 11) is 0. The molecule has 0 aliphatic heterocycles. The molecule has 5 rings (SSSR count). The Kier molecular flexibility index (Phi) is 8.07. The molecule has 2 saturated carbocycles. The summed E-state index contributed by atoms with van der Waals surface area (Å²) in [6, 6.07) is 9.59.